The van der Waals surface area contributed by atoms with Crippen LogP contribution in [0.3, 0.4) is 0 Å². The number of carbonyl (C=O) groups excluding carboxylic acids is 7. The molecule has 0 amide bonds. The number of carbonyl (C=O) groups is 4. The van der Waals surface area contributed by atoms with Crippen molar-refractivity contribution in [2.75, 3.05) is 52.8 Å². The number of esters is 1. The quantitative estimate of drug-likeness (QED) is 0.0127. The van der Waals surface area contributed by atoms with Gasteiger partial charge in [-0.05, 0) is 158 Å². The Balaban J connectivity index is -0.000000550. The molecular weight excluding hydrogens is 1950 g/mol. The average Bonchev–Trinajstić information content (AvgIpc) is 1.41. The summed E-state index contributed by atoms with van der Waals surface area (Å²) in [6.07, 6.45) is 3.34. The molecule has 1 aliphatic heterocycles. The predicted molar refractivity (Wildman–Crippen MR) is 511 cm³/mol. The molecule has 1 fully saturated rings. The Morgan fingerprint density at radius 1 is 0.594 bits per heavy atom. The topological polar surface area (TPSA) is 586 Å². The third kappa shape index (κ3) is 47.3. The van der Waals surface area contributed by atoms with Gasteiger partial charge in [0.15, 0.2) is 5.79 Å². The number of nitrogens with zero attached hydrogens (tertiary/aromatic N) is 11. The number of aliphatic hydroxyl groups is 4. The number of aliphatic carboxylic acids is 2. The van der Waals surface area contributed by atoms with Gasteiger partial charge in [0.05, 0.1) is 113 Å². The van der Waals surface area contributed by atoms with Gasteiger partial charge >= 0.3 is 129 Å². The molecular formula is C90H125Ca2F3N12NaO26S4+. The number of rotatable bonds is 30. The normalized spacial score (nSPS) is 14.1. The predicted octanol–water partition coefficient (Wildman–Crippen LogP) is 6.14. The molecule has 4 aromatic carbocycles. The zero-order valence-corrected chi connectivity index (χ0v) is 91.0. The molecule has 38 nitrogen and oxygen atoms in total. The molecule has 0 unspecified atom stereocenters. The van der Waals surface area contributed by atoms with Gasteiger partial charge in [-0.3, -0.25) is 9.59 Å². The van der Waals surface area contributed by atoms with Crippen molar-refractivity contribution in [2.45, 2.75) is 225 Å². The van der Waals surface area contributed by atoms with Gasteiger partial charge in [-0.25, -0.2) is 94.6 Å². The van der Waals surface area contributed by atoms with Crippen molar-refractivity contribution in [3.05, 3.63) is 175 Å². The fraction of sp³-hybridized carbons (Fsp3) is 0.456. The smallest absolute Gasteiger partial charge is 0.870 e. The van der Waals surface area contributed by atoms with E-state index in [1.54, 1.807) is 45.2 Å². The van der Waals surface area contributed by atoms with Crippen molar-refractivity contribution < 1.29 is 165 Å². The second-order valence-corrected chi connectivity index (χ2v) is 41.2. The van der Waals surface area contributed by atoms with E-state index < -0.39 is 130 Å². The molecule has 0 saturated carbocycles. The van der Waals surface area contributed by atoms with E-state index in [9.17, 15) is 91.6 Å². The minimum atomic E-state index is -4.00. The molecule has 5 heterocycles. The molecule has 8 N–H and O–H groups in total. The van der Waals surface area contributed by atoms with Crippen molar-refractivity contribution in [1.29, 1.82) is 0 Å². The van der Waals surface area contributed by atoms with E-state index in [1.807, 2.05) is 83.1 Å². The number of carboxylic acid groups (broad SMARTS) is 2. The molecule has 6 atom stereocenters. The number of para-hydroxylation sites is 2. The molecule has 138 heavy (non-hydrogen) atoms. The van der Waals surface area contributed by atoms with Crippen LogP contribution in [-0.2, 0) is 105 Å². The van der Waals surface area contributed by atoms with Gasteiger partial charge in [-0.2, -0.15) is 19.2 Å². The monoisotopic (exact) mass is 2080 g/mol. The Morgan fingerprint density at radius 2 is 0.928 bits per heavy atom. The van der Waals surface area contributed by atoms with E-state index in [0.29, 0.717) is 79.3 Å². The zero-order chi connectivity index (χ0) is 100. The second kappa shape index (κ2) is 61.8. The van der Waals surface area contributed by atoms with E-state index in [2.05, 4.69) is 34.9 Å². The molecule has 0 aliphatic carbocycles. The number of sulfone groups is 1. The maximum atomic E-state index is 13.7. The number of halogens is 3. The van der Waals surface area contributed by atoms with Crippen LogP contribution >= 0.6 is 0 Å². The maximum absolute atomic E-state index is 13.7. The molecule has 48 heteroatoms. The zero-order valence-electron chi connectivity index (χ0n) is 81.3. The molecule has 4 aromatic heterocycles. The Hall–Kier alpha value is -7.90. The van der Waals surface area contributed by atoms with E-state index in [1.165, 1.54) is 123 Å². The van der Waals surface area contributed by atoms with Crippen molar-refractivity contribution in [3.63, 3.8) is 0 Å². The van der Waals surface area contributed by atoms with Crippen LogP contribution in [0.2, 0.25) is 0 Å². The largest absolute Gasteiger partial charge is 2.00 e. The van der Waals surface area contributed by atoms with Crippen LogP contribution < -0.4 is 53.3 Å². The first-order chi connectivity index (χ1) is 60.3. The van der Waals surface area contributed by atoms with Gasteiger partial charge in [0, 0.05) is 98.8 Å². The molecule has 750 valence electrons. The Bertz CT molecular complexity index is 5660. The summed E-state index contributed by atoms with van der Waals surface area (Å²) in [5, 5.41) is 59.2. The average molecular weight is 2080 g/mol. The summed E-state index contributed by atoms with van der Waals surface area (Å²) in [6.45, 7) is 25.8. The number of aromatic nitrogens is 8. The van der Waals surface area contributed by atoms with Crippen LogP contribution in [0.1, 0.15) is 194 Å². The van der Waals surface area contributed by atoms with Crippen LogP contribution in [0, 0.1) is 32.3 Å². The van der Waals surface area contributed by atoms with Gasteiger partial charge in [0.1, 0.15) is 35.4 Å². The Labute approximate surface area is 888 Å². The first-order valence-corrected chi connectivity index (χ1v) is 47.3. The molecule has 1 saturated heterocycles. The Morgan fingerprint density at radius 3 is 1.25 bits per heavy atom. The van der Waals surface area contributed by atoms with Gasteiger partial charge in [0.25, 0.3) is 0 Å². The number of hydrogen-bond acceptors (Lipinski definition) is 33. The number of aryl methyl sites for hydroxylation is 1. The Kier molecular flexibility index (Phi) is 62.1. The van der Waals surface area contributed by atoms with Crippen molar-refractivity contribution in [3.8, 4) is 33.8 Å². The van der Waals surface area contributed by atoms with Crippen LogP contribution in [-0.4, -0.2) is 310 Å². The number of sulfonamides is 3. The summed E-state index contributed by atoms with van der Waals surface area (Å²) in [4.78, 5) is 107. The molecule has 0 spiro atoms. The number of aliphatic hydroxyl groups excluding tert-OH is 4. The maximum Gasteiger partial charge on any atom is 2.00 e. The number of ether oxygens (including phenoxy) is 3. The van der Waals surface area contributed by atoms with Gasteiger partial charge in [0.2, 0.25) is 62.9 Å². The fourth-order valence-electron chi connectivity index (χ4n) is 11.9. The SMILES string of the molecule is C.CC(C)(C)N.CC(C)(C)OC(=O)C[C@H]1C[C@@H](C=O)OC(C)(C)O1.CC(C)c1nc(N(C)S(C)(=O)=O)nc(-c2ccc(F)cc2)c1/C=C/[C@@H](O)C[C@@H](O)CC(=O)O.CC(C)c1nc(N(C)S(C)(=O)=O)nc(-c2ccc(F)cc2)c1/C=C/[C@@H](O)C[C@@H](O)CC(=O)[O-].CC(C)c1nc(N(C)S(C)(=O)=O)nc(-c2ccc(F)cc2)c1CS(=O)(=O)c1nc2ccccc2n1C.O=C=O.O=C=O.[CH3-].[CH3-].[Ca+2].[Ca+2].[Na+].[OH-]. The summed E-state index contributed by atoms with van der Waals surface area (Å²) in [6, 6.07) is 23.4. The summed E-state index contributed by atoms with van der Waals surface area (Å²) < 4.78 is 161. The summed E-state index contributed by atoms with van der Waals surface area (Å²) in [5.74, 6) is -6.51. The minimum absolute atomic E-state index is 0. The number of hydrogen-bond donors (Lipinski definition) is 6. The van der Waals surface area contributed by atoms with Crippen LogP contribution in [0.4, 0.5) is 31.0 Å². The van der Waals surface area contributed by atoms with E-state index >= 15 is 0 Å². The van der Waals surface area contributed by atoms with Crippen LogP contribution in [0.15, 0.2) is 114 Å². The van der Waals surface area contributed by atoms with Crippen molar-refractivity contribution in [2.24, 2.45) is 12.8 Å². The molecule has 9 rings (SSSR count). The van der Waals surface area contributed by atoms with Gasteiger partial charge in [-0.15, -0.1) is 0 Å². The number of aldehydes is 1. The fourth-order valence-corrected chi connectivity index (χ4v) is 14.6. The third-order valence-electron chi connectivity index (χ3n) is 17.8. The third-order valence-corrected chi connectivity index (χ3v) is 22.9. The number of imidazole rings is 1. The summed E-state index contributed by atoms with van der Waals surface area (Å²) in [5.41, 5.74) is 10.9. The minimum Gasteiger partial charge on any atom is -0.870 e. The van der Waals surface area contributed by atoms with Crippen molar-refractivity contribution in [1.82, 2.24) is 39.5 Å². The first kappa shape index (κ1) is 139. The number of anilines is 3. The molecule has 0 bridgehead atoms. The number of fused-ring (bicyclic) bond motifs is 1. The number of carboxylic acids is 2. The van der Waals surface area contributed by atoms with Crippen molar-refractivity contribution >= 4 is 193 Å². The van der Waals surface area contributed by atoms with Gasteiger partial charge in [-0.1, -0.05) is 85.4 Å². The molecule has 8 aromatic rings. The number of benzene rings is 4. The molecule has 0 radical (unpaired) electrons. The van der Waals surface area contributed by atoms with E-state index in [4.69, 9.17) is 44.2 Å². The number of nitrogens with two attached hydrogens (primary N) is 1. The van der Waals surface area contributed by atoms with E-state index in [-0.39, 0.29) is 228 Å². The van der Waals surface area contributed by atoms with Crippen LogP contribution in [0.5, 0.6) is 0 Å². The van der Waals surface area contributed by atoms with E-state index in [0.717, 1.165) is 38.0 Å². The summed E-state index contributed by atoms with van der Waals surface area (Å²) >= 11 is 0. The first-order valence-electron chi connectivity index (χ1n) is 40.1. The van der Waals surface area contributed by atoms with Gasteiger partial charge < -0.3 is 85.1 Å². The standard InChI is InChI=1S/C24H26FN5O4S2.2C22H28FN3O6S.C13H22O5.C4H11N.2CO2.CH4.2CH3.2Ca.Na.H2O/c1-15(2)21-18(14-36(33,34)24-26-19-8-6-7-9-20(19)29(24)3)22(16-10-12-17(25)13-11-16)28-23(27-21)30(4)35(5,31)32;2*1-13(2)20-18(10-9-16(27)11-17(28)12-19(29)30)21(14-5-7-15(23)8-6-14)25-22(24-20)26(3)33(4,31)32;1-12(2,3)18-11(15)7-9-6-10(8-14)17-13(4,5)16-9;1-4(2,3)5;2*2-1-3;;;;;;;/h6-13,15H,14H2,1-5H3;2*5-10,13,16-17,27-28H,11-12H2,1-4H3,(H,29,30);8-10H,6-7H2,1-5H3;5H2,1-3H3;;;1H4;2*1H3;;;;1H2/q;;;;;;;;2*-1;2*+2;+1;/p-2/b;2*10-9+;;;;;;;;;;;/t;2*16-,17-;9-,10+;;;;;;;;;;/m.111........../s1. The molecule has 1 aliphatic rings. The summed E-state index contributed by atoms with van der Waals surface area (Å²) in [7, 11) is -9.41. The second-order valence-electron chi connectivity index (χ2n) is 33.3. The van der Waals surface area contributed by atoms with Crippen LogP contribution in [0.25, 0.3) is 57.0 Å².